The van der Waals surface area contributed by atoms with E-state index in [0.717, 1.165) is 24.6 Å². The second kappa shape index (κ2) is 5.87. The Labute approximate surface area is 116 Å². The molecule has 0 bridgehead atoms. The fourth-order valence-corrected chi connectivity index (χ4v) is 1.80. The first-order valence-electron chi connectivity index (χ1n) is 6.50. The Hall–Kier alpha value is -0.830. The van der Waals surface area contributed by atoms with Gasteiger partial charge in [0.25, 0.3) is 0 Å². The van der Waals surface area contributed by atoms with Gasteiger partial charge in [0.1, 0.15) is 16.8 Å². The maximum atomic E-state index is 6.09. The van der Waals surface area contributed by atoms with Crippen molar-refractivity contribution in [3.05, 3.63) is 17.0 Å². The van der Waals surface area contributed by atoms with Gasteiger partial charge in [-0.15, -0.1) is 0 Å². The highest BCUT2D eigenvalue weighted by molar-refractivity contribution is 6.29. The van der Waals surface area contributed by atoms with E-state index in [4.69, 9.17) is 11.6 Å². The standard InChI is InChI=1S/C14H24ClN3/c1-7-10(2)9-18(6)12-8-11(15)16-13(17-12)14(3,4)5/h8,10H,7,9H2,1-6H3. The molecule has 1 aromatic heterocycles. The third-order valence-electron chi connectivity index (χ3n) is 3.03. The van der Waals surface area contributed by atoms with Crippen molar-refractivity contribution >= 4 is 17.4 Å². The SMILES string of the molecule is CCC(C)CN(C)c1cc(Cl)nc(C(C)(C)C)n1. The van der Waals surface area contributed by atoms with Crippen LogP contribution in [0.25, 0.3) is 0 Å². The van der Waals surface area contributed by atoms with Crippen LogP contribution in [0.5, 0.6) is 0 Å². The second-order valence-corrected chi connectivity index (χ2v) is 6.40. The summed E-state index contributed by atoms with van der Waals surface area (Å²) in [6.45, 7) is 11.7. The van der Waals surface area contributed by atoms with Crippen LogP contribution in [0.15, 0.2) is 6.07 Å². The molecule has 0 radical (unpaired) electrons. The van der Waals surface area contributed by atoms with E-state index in [1.165, 1.54) is 0 Å². The molecular weight excluding hydrogens is 246 g/mol. The number of halogens is 1. The average Bonchev–Trinajstić information content (AvgIpc) is 2.26. The maximum absolute atomic E-state index is 6.09. The Bertz CT molecular complexity index is 399. The van der Waals surface area contributed by atoms with Crippen molar-refractivity contribution < 1.29 is 0 Å². The van der Waals surface area contributed by atoms with E-state index in [2.05, 4.69) is 56.5 Å². The lowest BCUT2D eigenvalue weighted by atomic mass is 9.96. The lowest BCUT2D eigenvalue weighted by Crippen LogP contribution is -2.26. The minimum atomic E-state index is -0.0864. The van der Waals surface area contributed by atoms with Gasteiger partial charge >= 0.3 is 0 Å². The quantitative estimate of drug-likeness (QED) is 0.776. The van der Waals surface area contributed by atoms with E-state index in [1.807, 2.05) is 6.07 Å². The highest BCUT2D eigenvalue weighted by atomic mass is 35.5. The molecule has 0 aliphatic carbocycles. The van der Waals surface area contributed by atoms with Crippen molar-refractivity contribution in [3.8, 4) is 0 Å². The molecule has 0 N–H and O–H groups in total. The van der Waals surface area contributed by atoms with Crippen molar-refractivity contribution in [1.29, 1.82) is 0 Å². The van der Waals surface area contributed by atoms with Gasteiger partial charge in [0.15, 0.2) is 0 Å². The molecule has 3 nitrogen and oxygen atoms in total. The fourth-order valence-electron chi connectivity index (χ4n) is 1.63. The van der Waals surface area contributed by atoms with Gasteiger partial charge in [0.2, 0.25) is 0 Å². The zero-order valence-corrected chi connectivity index (χ0v) is 13.0. The molecule has 1 rings (SSSR count). The maximum Gasteiger partial charge on any atom is 0.137 e. The smallest absolute Gasteiger partial charge is 0.137 e. The zero-order valence-electron chi connectivity index (χ0n) is 12.3. The summed E-state index contributed by atoms with van der Waals surface area (Å²) in [6.07, 6.45) is 1.16. The molecule has 1 unspecified atom stereocenters. The number of anilines is 1. The minimum absolute atomic E-state index is 0.0864. The van der Waals surface area contributed by atoms with Crippen molar-refractivity contribution in [2.75, 3.05) is 18.5 Å². The van der Waals surface area contributed by atoms with E-state index in [1.54, 1.807) is 0 Å². The van der Waals surface area contributed by atoms with Crippen LogP contribution in [0.4, 0.5) is 5.82 Å². The lowest BCUT2D eigenvalue weighted by Gasteiger charge is -2.24. The van der Waals surface area contributed by atoms with Crippen LogP contribution in [0.2, 0.25) is 5.15 Å². The predicted octanol–water partition coefficient (Wildman–Crippen LogP) is 3.91. The van der Waals surface area contributed by atoms with E-state index in [9.17, 15) is 0 Å². The fraction of sp³-hybridized carbons (Fsp3) is 0.714. The molecule has 0 aromatic carbocycles. The molecule has 0 spiro atoms. The first-order valence-corrected chi connectivity index (χ1v) is 6.88. The highest BCUT2D eigenvalue weighted by Gasteiger charge is 2.20. The van der Waals surface area contributed by atoms with Gasteiger partial charge in [-0.1, -0.05) is 52.6 Å². The lowest BCUT2D eigenvalue weighted by molar-refractivity contribution is 0.536. The Morgan fingerprint density at radius 1 is 1.33 bits per heavy atom. The van der Waals surface area contributed by atoms with E-state index < -0.39 is 0 Å². The molecular formula is C14H24ClN3. The van der Waals surface area contributed by atoms with Gasteiger partial charge in [0.05, 0.1) is 0 Å². The topological polar surface area (TPSA) is 29.0 Å². The third-order valence-corrected chi connectivity index (χ3v) is 3.22. The van der Waals surface area contributed by atoms with Gasteiger partial charge < -0.3 is 4.90 Å². The molecule has 1 atom stereocenters. The predicted molar refractivity (Wildman–Crippen MR) is 78.5 cm³/mol. The second-order valence-electron chi connectivity index (χ2n) is 6.02. The van der Waals surface area contributed by atoms with Crippen molar-refractivity contribution in [2.45, 2.75) is 46.5 Å². The molecule has 0 amide bonds. The Balaban J connectivity index is 2.99. The molecule has 0 aliphatic heterocycles. The van der Waals surface area contributed by atoms with E-state index >= 15 is 0 Å². The number of aromatic nitrogens is 2. The molecule has 102 valence electrons. The molecule has 18 heavy (non-hydrogen) atoms. The number of nitrogens with zero attached hydrogens (tertiary/aromatic N) is 3. The summed E-state index contributed by atoms with van der Waals surface area (Å²) >= 11 is 6.09. The van der Waals surface area contributed by atoms with E-state index in [0.29, 0.717) is 11.1 Å². The first-order chi connectivity index (χ1) is 8.24. The van der Waals surface area contributed by atoms with Crippen molar-refractivity contribution in [1.82, 2.24) is 9.97 Å². The summed E-state index contributed by atoms with van der Waals surface area (Å²) in [6, 6.07) is 1.83. The summed E-state index contributed by atoms with van der Waals surface area (Å²) in [5, 5.41) is 0.515. The van der Waals surface area contributed by atoms with Gasteiger partial charge in [-0.25, -0.2) is 9.97 Å². The molecule has 4 heteroatoms. The van der Waals surface area contributed by atoms with Crippen LogP contribution >= 0.6 is 11.6 Å². The van der Waals surface area contributed by atoms with Gasteiger partial charge in [-0.2, -0.15) is 0 Å². The van der Waals surface area contributed by atoms with Crippen LogP contribution in [0.3, 0.4) is 0 Å². The van der Waals surface area contributed by atoms with Gasteiger partial charge in [0, 0.05) is 25.1 Å². The van der Waals surface area contributed by atoms with Crippen LogP contribution in [-0.4, -0.2) is 23.6 Å². The monoisotopic (exact) mass is 269 g/mol. The Kier molecular flexibility index (Phi) is 4.97. The summed E-state index contributed by atoms with van der Waals surface area (Å²) in [7, 11) is 2.05. The molecule has 0 fully saturated rings. The highest BCUT2D eigenvalue weighted by Crippen LogP contribution is 2.24. The number of hydrogen-bond donors (Lipinski definition) is 0. The van der Waals surface area contributed by atoms with Gasteiger partial charge in [-0.05, 0) is 5.92 Å². The first kappa shape index (κ1) is 15.2. The summed E-state index contributed by atoms with van der Waals surface area (Å²) in [5.41, 5.74) is -0.0864. The van der Waals surface area contributed by atoms with Crippen LogP contribution < -0.4 is 4.90 Å². The Morgan fingerprint density at radius 3 is 2.44 bits per heavy atom. The molecule has 0 aliphatic rings. The summed E-state index contributed by atoms with van der Waals surface area (Å²) < 4.78 is 0. The molecule has 0 saturated heterocycles. The molecule has 0 saturated carbocycles. The van der Waals surface area contributed by atoms with Crippen LogP contribution in [0, 0.1) is 5.92 Å². The summed E-state index contributed by atoms with van der Waals surface area (Å²) in [4.78, 5) is 11.1. The number of hydrogen-bond acceptors (Lipinski definition) is 3. The third kappa shape index (κ3) is 4.13. The number of rotatable bonds is 4. The Morgan fingerprint density at radius 2 is 1.94 bits per heavy atom. The van der Waals surface area contributed by atoms with E-state index in [-0.39, 0.29) is 5.41 Å². The normalized spacial score (nSPS) is 13.5. The minimum Gasteiger partial charge on any atom is -0.359 e. The van der Waals surface area contributed by atoms with Crippen molar-refractivity contribution in [3.63, 3.8) is 0 Å². The van der Waals surface area contributed by atoms with Crippen LogP contribution in [0.1, 0.15) is 46.9 Å². The van der Waals surface area contributed by atoms with Crippen molar-refractivity contribution in [2.24, 2.45) is 5.92 Å². The van der Waals surface area contributed by atoms with Gasteiger partial charge in [-0.3, -0.25) is 0 Å². The molecule has 1 heterocycles. The van der Waals surface area contributed by atoms with Crippen LogP contribution in [-0.2, 0) is 5.41 Å². The largest absolute Gasteiger partial charge is 0.359 e. The average molecular weight is 270 g/mol. The molecule has 1 aromatic rings. The zero-order chi connectivity index (χ0) is 13.9. The summed E-state index contributed by atoms with van der Waals surface area (Å²) in [5.74, 6) is 2.34.